The van der Waals surface area contributed by atoms with Gasteiger partial charge in [0.25, 0.3) is 0 Å². The van der Waals surface area contributed by atoms with Crippen LogP contribution in [0.4, 0.5) is 0 Å². The van der Waals surface area contributed by atoms with Crippen LogP contribution in [0.5, 0.6) is 0 Å². The third-order valence-corrected chi connectivity index (χ3v) is 5.16. The number of hydrogen-bond acceptors (Lipinski definition) is 3. The normalized spacial score (nSPS) is 25.8. The molecule has 0 saturated carbocycles. The number of aliphatic hydroxyl groups excluding tert-OH is 1. The van der Waals surface area contributed by atoms with Gasteiger partial charge in [-0.1, -0.05) is 0 Å². The second kappa shape index (κ2) is 5.09. The van der Waals surface area contributed by atoms with Gasteiger partial charge in [-0.25, -0.2) is 0 Å². The van der Waals surface area contributed by atoms with E-state index in [1.165, 1.54) is 25.7 Å². The molecule has 0 radical (unpaired) electrons. The van der Waals surface area contributed by atoms with Crippen molar-refractivity contribution < 1.29 is 5.11 Å². The van der Waals surface area contributed by atoms with Crippen molar-refractivity contribution in [1.82, 2.24) is 4.90 Å². The molecule has 3 heteroatoms. The summed E-state index contributed by atoms with van der Waals surface area (Å²) in [5.41, 5.74) is 3.18. The molecule has 0 unspecified atom stereocenters. The lowest BCUT2D eigenvalue weighted by Crippen LogP contribution is -2.37. The number of β-amino-alcohol motifs (C(OH)–C–C–N with tert-alkyl or cyclic N) is 1. The Hall–Kier alpha value is -0.380. The minimum Gasteiger partial charge on any atom is -0.392 e. The van der Waals surface area contributed by atoms with E-state index in [9.17, 15) is 5.11 Å². The first kappa shape index (κ1) is 11.7. The van der Waals surface area contributed by atoms with Gasteiger partial charge in [0, 0.05) is 18.0 Å². The lowest BCUT2D eigenvalue weighted by Gasteiger charge is -2.30. The van der Waals surface area contributed by atoms with E-state index in [-0.39, 0.29) is 6.10 Å². The molecule has 1 N–H and O–H groups in total. The summed E-state index contributed by atoms with van der Waals surface area (Å²) in [6, 6.07) is 0. The van der Waals surface area contributed by atoms with Crippen LogP contribution in [0.2, 0.25) is 0 Å². The molecule has 3 rings (SSSR count). The third-order valence-electron chi connectivity index (χ3n) is 4.02. The van der Waals surface area contributed by atoms with Gasteiger partial charge in [-0.15, -0.1) is 11.3 Å². The predicted octanol–water partition coefficient (Wildman–Crippen LogP) is 2.58. The van der Waals surface area contributed by atoms with Gasteiger partial charge in [0.15, 0.2) is 0 Å². The summed E-state index contributed by atoms with van der Waals surface area (Å²) in [5.74, 6) is 0. The second-order valence-electron chi connectivity index (χ2n) is 5.40. The van der Waals surface area contributed by atoms with Gasteiger partial charge < -0.3 is 5.11 Å². The van der Waals surface area contributed by atoms with Crippen LogP contribution >= 0.6 is 11.3 Å². The lowest BCUT2D eigenvalue weighted by molar-refractivity contribution is 0.0667. The standard InChI is InChI=1S/C14H21NOS/c16-12-4-3-7-15(9-12)8-11-10-17-14-6-2-1-5-13(11)14/h10,12,16H,1-9H2/t12-/m1/s1. The Kier molecular flexibility index (Phi) is 3.50. The summed E-state index contributed by atoms with van der Waals surface area (Å²) in [6.07, 6.45) is 7.34. The number of aryl methyl sites for hydroxylation is 1. The minimum absolute atomic E-state index is 0.0989. The Labute approximate surface area is 107 Å². The molecule has 2 nitrogen and oxygen atoms in total. The molecule has 1 aromatic rings. The maximum absolute atomic E-state index is 9.71. The van der Waals surface area contributed by atoms with Crippen molar-refractivity contribution in [3.8, 4) is 0 Å². The molecule has 1 aliphatic heterocycles. The van der Waals surface area contributed by atoms with Crippen molar-refractivity contribution in [1.29, 1.82) is 0 Å². The molecule has 1 aromatic heterocycles. The zero-order chi connectivity index (χ0) is 11.7. The Morgan fingerprint density at radius 3 is 3.06 bits per heavy atom. The highest BCUT2D eigenvalue weighted by Gasteiger charge is 2.21. The highest BCUT2D eigenvalue weighted by molar-refractivity contribution is 7.10. The Bertz CT molecular complexity index is 388. The van der Waals surface area contributed by atoms with E-state index in [4.69, 9.17) is 0 Å². The van der Waals surface area contributed by atoms with Gasteiger partial charge in [-0.2, -0.15) is 0 Å². The van der Waals surface area contributed by atoms with Crippen molar-refractivity contribution in [3.05, 3.63) is 21.4 Å². The third kappa shape index (κ3) is 2.56. The zero-order valence-electron chi connectivity index (χ0n) is 10.3. The van der Waals surface area contributed by atoms with Crippen LogP contribution in [-0.2, 0) is 19.4 Å². The van der Waals surface area contributed by atoms with E-state index in [1.807, 2.05) is 11.3 Å². The summed E-state index contributed by atoms with van der Waals surface area (Å²) < 4.78 is 0. The van der Waals surface area contributed by atoms with Crippen LogP contribution in [0.15, 0.2) is 5.38 Å². The predicted molar refractivity (Wildman–Crippen MR) is 71.5 cm³/mol. The van der Waals surface area contributed by atoms with Crippen LogP contribution in [0, 0.1) is 0 Å². The fourth-order valence-electron chi connectivity index (χ4n) is 3.11. The fourth-order valence-corrected chi connectivity index (χ4v) is 4.25. The number of piperidine rings is 1. The molecule has 0 aromatic carbocycles. The van der Waals surface area contributed by atoms with Crippen molar-refractivity contribution in [2.24, 2.45) is 0 Å². The number of likely N-dealkylation sites (tertiary alicyclic amines) is 1. The van der Waals surface area contributed by atoms with Crippen molar-refractivity contribution in [2.45, 2.75) is 51.2 Å². The molecule has 1 aliphatic carbocycles. The van der Waals surface area contributed by atoms with Gasteiger partial charge in [-0.3, -0.25) is 4.90 Å². The van der Waals surface area contributed by atoms with Crippen LogP contribution in [0.3, 0.4) is 0 Å². The Balaban J connectivity index is 1.70. The van der Waals surface area contributed by atoms with E-state index in [0.717, 1.165) is 32.5 Å². The summed E-state index contributed by atoms with van der Waals surface area (Å²) >= 11 is 1.95. The summed E-state index contributed by atoms with van der Waals surface area (Å²) in [5, 5.41) is 12.1. The summed E-state index contributed by atoms with van der Waals surface area (Å²) in [6.45, 7) is 3.08. The average molecular weight is 251 g/mol. The Morgan fingerprint density at radius 2 is 2.18 bits per heavy atom. The van der Waals surface area contributed by atoms with E-state index < -0.39 is 0 Å². The van der Waals surface area contributed by atoms with Crippen molar-refractivity contribution in [2.75, 3.05) is 13.1 Å². The molecule has 1 fully saturated rings. The smallest absolute Gasteiger partial charge is 0.0667 e. The fraction of sp³-hybridized carbons (Fsp3) is 0.714. The second-order valence-corrected chi connectivity index (χ2v) is 6.37. The molecule has 0 amide bonds. The van der Waals surface area contributed by atoms with Crippen LogP contribution in [-0.4, -0.2) is 29.2 Å². The van der Waals surface area contributed by atoms with Crippen LogP contribution in [0.1, 0.15) is 41.7 Å². The van der Waals surface area contributed by atoms with E-state index in [2.05, 4.69) is 10.3 Å². The first-order valence-corrected chi connectivity index (χ1v) is 7.69. The first-order chi connectivity index (χ1) is 8.33. The molecule has 1 saturated heterocycles. The summed E-state index contributed by atoms with van der Waals surface area (Å²) in [4.78, 5) is 4.05. The number of nitrogens with zero attached hydrogens (tertiary/aromatic N) is 1. The highest BCUT2D eigenvalue weighted by atomic mass is 32.1. The first-order valence-electron chi connectivity index (χ1n) is 6.81. The molecule has 2 aliphatic rings. The van der Waals surface area contributed by atoms with Gasteiger partial charge in [0.1, 0.15) is 0 Å². The minimum atomic E-state index is -0.0989. The molecule has 1 atom stereocenters. The largest absolute Gasteiger partial charge is 0.392 e. The Morgan fingerprint density at radius 1 is 1.29 bits per heavy atom. The molecular weight excluding hydrogens is 230 g/mol. The zero-order valence-corrected chi connectivity index (χ0v) is 11.1. The maximum Gasteiger partial charge on any atom is 0.0667 e. The van der Waals surface area contributed by atoms with Crippen LogP contribution in [0.25, 0.3) is 0 Å². The number of thiophene rings is 1. The SMILES string of the molecule is O[C@@H]1CCCN(Cc2csc3c2CCCC3)C1. The molecule has 17 heavy (non-hydrogen) atoms. The molecule has 94 valence electrons. The van der Waals surface area contributed by atoms with Gasteiger partial charge in [0.05, 0.1) is 6.10 Å². The van der Waals surface area contributed by atoms with Crippen molar-refractivity contribution in [3.63, 3.8) is 0 Å². The maximum atomic E-state index is 9.71. The quantitative estimate of drug-likeness (QED) is 0.873. The number of rotatable bonds is 2. The molecule has 0 spiro atoms. The van der Waals surface area contributed by atoms with E-state index >= 15 is 0 Å². The van der Waals surface area contributed by atoms with E-state index in [0.29, 0.717) is 0 Å². The van der Waals surface area contributed by atoms with Crippen molar-refractivity contribution >= 4 is 11.3 Å². The topological polar surface area (TPSA) is 23.5 Å². The number of aliphatic hydroxyl groups is 1. The molecule has 2 heterocycles. The summed E-state index contributed by atoms with van der Waals surface area (Å²) in [7, 11) is 0. The molecular formula is C14H21NOS. The van der Waals surface area contributed by atoms with Gasteiger partial charge in [0.2, 0.25) is 0 Å². The van der Waals surface area contributed by atoms with Crippen LogP contribution < -0.4 is 0 Å². The van der Waals surface area contributed by atoms with Gasteiger partial charge >= 0.3 is 0 Å². The number of fused-ring (bicyclic) bond motifs is 1. The number of hydrogen-bond donors (Lipinski definition) is 1. The van der Waals surface area contributed by atoms with Gasteiger partial charge in [-0.05, 0) is 61.6 Å². The highest BCUT2D eigenvalue weighted by Crippen LogP contribution is 2.31. The van der Waals surface area contributed by atoms with E-state index in [1.54, 1.807) is 16.0 Å². The monoisotopic (exact) mass is 251 g/mol. The average Bonchev–Trinajstić information content (AvgIpc) is 2.73. The molecule has 0 bridgehead atoms. The lowest BCUT2D eigenvalue weighted by atomic mass is 9.95.